The highest BCUT2D eigenvalue weighted by atomic mass is 16.2. The number of amides is 3. The first kappa shape index (κ1) is 13.0. The monoisotopic (exact) mass is 261 g/mol. The molecule has 1 aromatic heterocycles. The van der Waals surface area contributed by atoms with Gasteiger partial charge in [0.25, 0.3) is 5.91 Å². The number of anilines is 1. The zero-order chi connectivity index (χ0) is 13.8. The Morgan fingerprint density at radius 3 is 2.58 bits per heavy atom. The second-order valence-corrected chi connectivity index (χ2v) is 3.92. The van der Waals surface area contributed by atoms with Crippen molar-refractivity contribution in [1.29, 1.82) is 0 Å². The van der Waals surface area contributed by atoms with Gasteiger partial charge in [0.2, 0.25) is 5.95 Å². The molecule has 1 saturated heterocycles. The van der Waals surface area contributed by atoms with Gasteiger partial charge in [-0.3, -0.25) is 10.1 Å². The number of aromatic nitrogens is 2. The van der Waals surface area contributed by atoms with Crippen molar-refractivity contribution in [3.8, 4) is 0 Å². The van der Waals surface area contributed by atoms with E-state index in [1.165, 1.54) is 6.08 Å². The van der Waals surface area contributed by atoms with Gasteiger partial charge in [0.1, 0.15) is 5.70 Å². The van der Waals surface area contributed by atoms with Crippen molar-refractivity contribution < 1.29 is 9.59 Å². The molecule has 1 aromatic rings. The van der Waals surface area contributed by atoms with Gasteiger partial charge < -0.3 is 10.2 Å². The largest absolute Gasteiger partial charge is 0.341 e. The van der Waals surface area contributed by atoms with Crippen molar-refractivity contribution in [1.82, 2.24) is 20.6 Å². The Balaban J connectivity index is 2.27. The molecule has 0 saturated carbocycles. The maximum atomic E-state index is 11.4. The van der Waals surface area contributed by atoms with Crippen LogP contribution in [-0.4, -0.2) is 35.0 Å². The van der Waals surface area contributed by atoms with Gasteiger partial charge >= 0.3 is 6.03 Å². The third kappa shape index (κ3) is 2.87. The standard InChI is InChI=1S/C12H15N5O2/c1-3-17(4-2)11-13-6-5-8(14-11)7-9-10(18)16-12(19)15-9/h5-7H,3-4H2,1-2H3,(H2,15,16,18,19). The lowest BCUT2D eigenvalue weighted by atomic mass is 10.3. The summed E-state index contributed by atoms with van der Waals surface area (Å²) in [4.78, 5) is 32.9. The van der Waals surface area contributed by atoms with Crippen LogP contribution in [0.4, 0.5) is 10.7 Å². The molecule has 19 heavy (non-hydrogen) atoms. The van der Waals surface area contributed by atoms with Crippen molar-refractivity contribution in [2.24, 2.45) is 0 Å². The third-order valence-corrected chi connectivity index (χ3v) is 2.72. The number of nitrogens with zero attached hydrogens (tertiary/aromatic N) is 3. The van der Waals surface area contributed by atoms with Crippen molar-refractivity contribution in [2.75, 3.05) is 18.0 Å². The molecular formula is C12H15N5O2. The van der Waals surface area contributed by atoms with Crippen molar-refractivity contribution in [3.63, 3.8) is 0 Å². The molecule has 0 atom stereocenters. The van der Waals surface area contributed by atoms with Crippen molar-refractivity contribution in [3.05, 3.63) is 23.7 Å². The van der Waals surface area contributed by atoms with Crippen LogP contribution < -0.4 is 15.5 Å². The molecule has 0 unspecified atom stereocenters. The van der Waals surface area contributed by atoms with Gasteiger partial charge in [-0.2, -0.15) is 0 Å². The number of imide groups is 1. The predicted molar refractivity (Wildman–Crippen MR) is 70.2 cm³/mol. The Labute approximate surface area is 110 Å². The number of carbonyl (C=O) groups excluding carboxylic acids is 2. The van der Waals surface area contributed by atoms with Crippen LogP contribution in [0.2, 0.25) is 0 Å². The van der Waals surface area contributed by atoms with Gasteiger partial charge in [0, 0.05) is 19.3 Å². The molecule has 2 heterocycles. The second-order valence-electron chi connectivity index (χ2n) is 3.92. The Morgan fingerprint density at radius 2 is 2.00 bits per heavy atom. The summed E-state index contributed by atoms with van der Waals surface area (Å²) >= 11 is 0. The topological polar surface area (TPSA) is 87.2 Å². The predicted octanol–water partition coefficient (Wildman–Crippen LogP) is 0.503. The number of nitrogens with one attached hydrogen (secondary N) is 2. The van der Waals surface area contributed by atoms with Crippen LogP contribution in [0.3, 0.4) is 0 Å². The van der Waals surface area contributed by atoms with Gasteiger partial charge in [0.05, 0.1) is 5.69 Å². The number of rotatable bonds is 4. The molecule has 0 bridgehead atoms. The molecule has 0 radical (unpaired) electrons. The minimum Gasteiger partial charge on any atom is -0.341 e. The van der Waals surface area contributed by atoms with E-state index in [1.54, 1.807) is 12.3 Å². The highest BCUT2D eigenvalue weighted by Crippen LogP contribution is 2.10. The quantitative estimate of drug-likeness (QED) is 0.609. The first-order chi connectivity index (χ1) is 9.13. The molecule has 1 fully saturated rings. The summed E-state index contributed by atoms with van der Waals surface area (Å²) in [6, 6.07) is 1.16. The van der Waals surface area contributed by atoms with Crippen LogP contribution in [0.15, 0.2) is 18.0 Å². The summed E-state index contributed by atoms with van der Waals surface area (Å²) in [6.07, 6.45) is 3.15. The van der Waals surface area contributed by atoms with E-state index >= 15 is 0 Å². The normalized spacial score (nSPS) is 16.4. The summed E-state index contributed by atoms with van der Waals surface area (Å²) in [7, 11) is 0. The van der Waals surface area contributed by atoms with Gasteiger partial charge in [-0.05, 0) is 26.0 Å². The Kier molecular flexibility index (Phi) is 3.74. The van der Waals surface area contributed by atoms with Crippen LogP contribution in [-0.2, 0) is 4.79 Å². The maximum Gasteiger partial charge on any atom is 0.326 e. The van der Waals surface area contributed by atoms with Gasteiger partial charge in [-0.15, -0.1) is 0 Å². The summed E-state index contributed by atoms with van der Waals surface area (Å²) in [5.41, 5.74) is 0.762. The molecule has 7 nitrogen and oxygen atoms in total. The highest BCUT2D eigenvalue weighted by molar-refractivity contribution is 6.13. The molecule has 100 valence electrons. The summed E-state index contributed by atoms with van der Waals surface area (Å²) in [5, 5.41) is 4.55. The van der Waals surface area contributed by atoms with Crippen LogP contribution in [0.1, 0.15) is 19.5 Å². The first-order valence-electron chi connectivity index (χ1n) is 6.06. The molecule has 3 amide bonds. The van der Waals surface area contributed by atoms with E-state index in [4.69, 9.17) is 0 Å². The van der Waals surface area contributed by atoms with Gasteiger partial charge in [-0.1, -0.05) is 0 Å². The fourth-order valence-electron chi connectivity index (χ4n) is 1.73. The molecule has 0 spiro atoms. The van der Waals surface area contributed by atoms with E-state index in [2.05, 4.69) is 20.6 Å². The Bertz CT molecular complexity index is 537. The summed E-state index contributed by atoms with van der Waals surface area (Å²) < 4.78 is 0. The third-order valence-electron chi connectivity index (χ3n) is 2.72. The zero-order valence-electron chi connectivity index (χ0n) is 10.8. The second kappa shape index (κ2) is 5.47. The first-order valence-corrected chi connectivity index (χ1v) is 6.06. The number of carbonyl (C=O) groups is 2. The van der Waals surface area contributed by atoms with Crippen molar-refractivity contribution in [2.45, 2.75) is 13.8 Å². The molecule has 1 aliphatic rings. The summed E-state index contributed by atoms with van der Waals surface area (Å²) in [5.74, 6) is 0.150. The fraction of sp³-hybridized carbons (Fsp3) is 0.333. The lowest BCUT2D eigenvalue weighted by molar-refractivity contribution is -0.115. The van der Waals surface area contributed by atoms with Crippen molar-refractivity contribution >= 4 is 24.0 Å². The van der Waals surface area contributed by atoms with E-state index in [0.29, 0.717) is 11.6 Å². The zero-order valence-corrected chi connectivity index (χ0v) is 10.8. The van der Waals surface area contributed by atoms with Gasteiger partial charge in [-0.25, -0.2) is 14.8 Å². The smallest absolute Gasteiger partial charge is 0.326 e. The number of hydrogen-bond acceptors (Lipinski definition) is 5. The average molecular weight is 261 g/mol. The molecule has 2 rings (SSSR count). The number of hydrogen-bond donors (Lipinski definition) is 2. The lowest BCUT2D eigenvalue weighted by Gasteiger charge is -2.18. The molecule has 0 aliphatic carbocycles. The van der Waals surface area contributed by atoms with Crippen LogP contribution >= 0.6 is 0 Å². The SMILES string of the molecule is CCN(CC)c1nccc(C=C2NC(=O)NC2=O)n1. The maximum absolute atomic E-state index is 11.4. The van der Waals surface area contributed by atoms with E-state index in [-0.39, 0.29) is 5.70 Å². The minimum absolute atomic E-state index is 0.189. The van der Waals surface area contributed by atoms with Crippen LogP contribution in [0.25, 0.3) is 6.08 Å². The van der Waals surface area contributed by atoms with Gasteiger partial charge in [0.15, 0.2) is 0 Å². The molecule has 0 aromatic carbocycles. The minimum atomic E-state index is -0.519. The fourth-order valence-corrected chi connectivity index (χ4v) is 1.73. The van der Waals surface area contributed by atoms with Crippen LogP contribution in [0, 0.1) is 0 Å². The van der Waals surface area contributed by atoms with Crippen LogP contribution in [0.5, 0.6) is 0 Å². The summed E-state index contributed by atoms with van der Waals surface area (Å²) in [6.45, 7) is 5.63. The van der Waals surface area contributed by atoms with E-state index in [0.717, 1.165) is 13.1 Å². The highest BCUT2D eigenvalue weighted by Gasteiger charge is 2.22. The van der Waals surface area contributed by atoms with E-state index in [1.807, 2.05) is 18.7 Å². The lowest BCUT2D eigenvalue weighted by Crippen LogP contribution is -2.24. The molecular weight excluding hydrogens is 246 g/mol. The molecule has 7 heteroatoms. The Morgan fingerprint density at radius 1 is 1.26 bits per heavy atom. The average Bonchev–Trinajstić information content (AvgIpc) is 2.70. The van der Waals surface area contributed by atoms with E-state index < -0.39 is 11.9 Å². The molecule has 1 aliphatic heterocycles. The Hall–Kier alpha value is -2.44. The number of urea groups is 1. The molecule has 2 N–H and O–H groups in total. The van der Waals surface area contributed by atoms with E-state index in [9.17, 15) is 9.59 Å².